The minimum atomic E-state index is -0.965. The second-order valence-corrected chi connectivity index (χ2v) is 7.18. The van der Waals surface area contributed by atoms with E-state index >= 15 is 0 Å². The summed E-state index contributed by atoms with van der Waals surface area (Å²) in [6, 6.07) is 4.92. The SMILES string of the molecule is CCSc1nc2c(c(=O)[nH]1)[C@@H](C(=O)Nc1ccc(OC)cc1OC)CC(=O)N2. The number of methoxy groups -OCH3 is 2. The third kappa shape index (κ3) is 3.96. The van der Waals surface area contributed by atoms with Crippen LogP contribution in [0.5, 0.6) is 11.5 Å². The van der Waals surface area contributed by atoms with Gasteiger partial charge in [0.05, 0.1) is 31.4 Å². The number of carbonyl (C=O) groups excluding carboxylic acids is 2. The summed E-state index contributed by atoms with van der Waals surface area (Å²) in [6.07, 6.45) is -0.150. The van der Waals surface area contributed by atoms with Crippen molar-refractivity contribution < 1.29 is 19.1 Å². The maximum absolute atomic E-state index is 12.9. The molecule has 0 unspecified atom stereocenters. The lowest BCUT2D eigenvalue weighted by Gasteiger charge is -2.23. The highest BCUT2D eigenvalue weighted by molar-refractivity contribution is 7.99. The molecule has 148 valence electrons. The number of H-pyrrole nitrogens is 1. The molecule has 0 fully saturated rings. The van der Waals surface area contributed by atoms with Crippen molar-refractivity contribution in [3.05, 3.63) is 34.1 Å². The third-order valence-corrected chi connectivity index (χ3v) is 4.95. The highest BCUT2D eigenvalue weighted by Crippen LogP contribution is 2.33. The van der Waals surface area contributed by atoms with Crippen molar-refractivity contribution in [2.45, 2.75) is 24.4 Å². The number of nitrogens with zero attached hydrogens (tertiary/aromatic N) is 1. The fourth-order valence-electron chi connectivity index (χ4n) is 2.90. The van der Waals surface area contributed by atoms with Gasteiger partial charge in [0.2, 0.25) is 11.8 Å². The van der Waals surface area contributed by atoms with Gasteiger partial charge in [-0.15, -0.1) is 0 Å². The van der Waals surface area contributed by atoms with Crippen LogP contribution in [0.15, 0.2) is 28.2 Å². The minimum absolute atomic E-state index is 0.123. The number of thioether (sulfide) groups is 1. The predicted molar refractivity (Wildman–Crippen MR) is 105 cm³/mol. The quantitative estimate of drug-likeness (QED) is 0.497. The van der Waals surface area contributed by atoms with Gasteiger partial charge in [-0.2, -0.15) is 0 Å². The summed E-state index contributed by atoms with van der Waals surface area (Å²) >= 11 is 1.34. The summed E-state index contributed by atoms with van der Waals surface area (Å²) in [5, 5.41) is 5.70. The molecule has 0 saturated heterocycles. The van der Waals surface area contributed by atoms with Gasteiger partial charge in [0.1, 0.15) is 17.3 Å². The van der Waals surface area contributed by atoms with Gasteiger partial charge >= 0.3 is 0 Å². The van der Waals surface area contributed by atoms with Gasteiger partial charge in [-0.05, 0) is 17.9 Å². The molecule has 9 nitrogen and oxygen atoms in total. The second-order valence-electron chi connectivity index (χ2n) is 5.93. The zero-order valence-corrected chi connectivity index (χ0v) is 16.4. The number of aromatic nitrogens is 2. The summed E-state index contributed by atoms with van der Waals surface area (Å²) < 4.78 is 10.4. The third-order valence-electron chi connectivity index (χ3n) is 4.19. The molecular formula is C18H20N4O5S. The van der Waals surface area contributed by atoms with Crippen molar-refractivity contribution in [3.8, 4) is 11.5 Å². The van der Waals surface area contributed by atoms with Crippen molar-refractivity contribution in [1.29, 1.82) is 0 Å². The van der Waals surface area contributed by atoms with Crippen LogP contribution >= 0.6 is 11.8 Å². The molecule has 0 spiro atoms. The molecule has 10 heteroatoms. The normalized spacial score (nSPS) is 15.4. The molecule has 0 bridgehead atoms. The Balaban J connectivity index is 1.94. The number of aromatic amines is 1. The Morgan fingerprint density at radius 3 is 2.79 bits per heavy atom. The lowest BCUT2D eigenvalue weighted by Crippen LogP contribution is -2.36. The first-order valence-electron chi connectivity index (χ1n) is 8.56. The van der Waals surface area contributed by atoms with E-state index in [-0.39, 0.29) is 23.7 Å². The molecule has 1 aliphatic heterocycles. The number of anilines is 2. The Morgan fingerprint density at radius 2 is 2.11 bits per heavy atom. The first-order chi connectivity index (χ1) is 13.5. The van der Waals surface area contributed by atoms with Crippen LogP contribution in [0.3, 0.4) is 0 Å². The highest BCUT2D eigenvalue weighted by atomic mass is 32.2. The molecule has 1 atom stereocenters. The predicted octanol–water partition coefficient (Wildman–Crippen LogP) is 1.96. The van der Waals surface area contributed by atoms with E-state index in [1.165, 1.54) is 26.0 Å². The number of fused-ring (bicyclic) bond motifs is 1. The van der Waals surface area contributed by atoms with Crippen LogP contribution in [-0.4, -0.2) is 41.8 Å². The van der Waals surface area contributed by atoms with Crippen molar-refractivity contribution in [3.63, 3.8) is 0 Å². The van der Waals surface area contributed by atoms with Gasteiger partial charge in [-0.3, -0.25) is 14.4 Å². The smallest absolute Gasteiger partial charge is 0.257 e. The Hall–Kier alpha value is -3.01. The highest BCUT2D eigenvalue weighted by Gasteiger charge is 2.35. The van der Waals surface area contributed by atoms with Crippen LogP contribution in [0, 0.1) is 0 Å². The maximum atomic E-state index is 12.9. The van der Waals surface area contributed by atoms with Crippen molar-refractivity contribution in [2.24, 2.45) is 0 Å². The van der Waals surface area contributed by atoms with Crippen LogP contribution in [-0.2, 0) is 9.59 Å². The zero-order valence-electron chi connectivity index (χ0n) is 15.6. The van der Waals surface area contributed by atoms with E-state index in [1.54, 1.807) is 18.2 Å². The molecule has 1 aromatic heterocycles. The Labute approximate surface area is 165 Å². The van der Waals surface area contributed by atoms with Gasteiger partial charge < -0.3 is 25.1 Å². The molecular weight excluding hydrogens is 384 g/mol. The number of amides is 2. The van der Waals surface area contributed by atoms with Crippen LogP contribution in [0.4, 0.5) is 11.5 Å². The van der Waals surface area contributed by atoms with Gasteiger partial charge in [0.15, 0.2) is 5.16 Å². The van der Waals surface area contributed by atoms with Crippen molar-refractivity contribution in [2.75, 3.05) is 30.6 Å². The van der Waals surface area contributed by atoms with Crippen LogP contribution < -0.4 is 25.7 Å². The molecule has 0 radical (unpaired) electrons. The first-order valence-corrected chi connectivity index (χ1v) is 9.55. The van der Waals surface area contributed by atoms with Gasteiger partial charge in [0, 0.05) is 12.5 Å². The summed E-state index contributed by atoms with van der Waals surface area (Å²) in [7, 11) is 2.99. The standard InChI is InChI=1S/C18H20N4O5S/c1-4-28-18-21-15-14(17(25)22-18)10(8-13(23)20-15)16(24)19-11-6-5-9(26-2)7-12(11)27-3/h5-7,10H,4,8H2,1-3H3,(H,19,24)(H2,20,21,22,23,25)/t10-/m0/s1. The molecule has 1 aromatic carbocycles. The van der Waals surface area contributed by atoms with Crippen LogP contribution in [0.2, 0.25) is 0 Å². The summed E-state index contributed by atoms with van der Waals surface area (Å²) in [4.78, 5) is 44.5. The summed E-state index contributed by atoms with van der Waals surface area (Å²) in [6.45, 7) is 1.92. The summed E-state index contributed by atoms with van der Waals surface area (Å²) in [5.74, 6) is -0.0432. The fraction of sp³-hybridized carbons (Fsp3) is 0.333. The molecule has 28 heavy (non-hydrogen) atoms. The Morgan fingerprint density at radius 1 is 1.32 bits per heavy atom. The van der Waals surface area contributed by atoms with Gasteiger partial charge in [-0.25, -0.2) is 4.98 Å². The number of hydrogen-bond donors (Lipinski definition) is 3. The van der Waals surface area contributed by atoms with Crippen LogP contribution in [0.25, 0.3) is 0 Å². The number of rotatable bonds is 6. The molecule has 2 aromatic rings. The number of benzene rings is 1. The van der Waals surface area contributed by atoms with E-state index in [4.69, 9.17) is 9.47 Å². The molecule has 0 saturated carbocycles. The Bertz CT molecular complexity index is 975. The van der Waals surface area contributed by atoms with E-state index in [1.807, 2.05) is 6.92 Å². The number of ether oxygens (including phenoxy) is 2. The maximum Gasteiger partial charge on any atom is 0.257 e. The molecule has 2 amide bonds. The second kappa shape index (κ2) is 8.34. The lowest BCUT2D eigenvalue weighted by molar-refractivity contribution is -0.123. The van der Waals surface area contributed by atoms with E-state index in [9.17, 15) is 14.4 Å². The number of nitrogens with one attached hydrogen (secondary N) is 3. The number of carbonyl (C=O) groups is 2. The average Bonchev–Trinajstić information content (AvgIpc) is 2.67. The van der Waals surface area contributed by atoms with E-state index in [0.29, 0.717) is 28.1 Å². The monoisotopic (exact) mass is 404 g/mol. The van der Waals surface area contributed by atoms with E-state index in [0.717, 1.165) is 0 Å². The molecule has 3 rings (SSSR count). The molecule has 2 heterocycles. The topological polar surface area (TPSA) is 122 Å². The fourth-order valence-corrected chi connectivity index (χ4v) is 3.50. The first kappa shape index (κ1) is 19.7. The molecule has 0 aliphatic carbocycles. The average molecular weight is 404 g/mol. The van der Waals surface area contributed by atoms with E-state index < -0.39 is 17.4 Å². The van der Waals surface area contributed by atoms with Gasteiger partial charge in [0.25, 0.3) is 5.56 Å². The lowest BCUT2D eigenvalue weighted by atomic mass is 9.92. The van der Waals surface area contributed by atoms with Gasteiger partial charge in [-0.1, -0.05) is 18.7 Å². The Kier molecular flexibility index (Phi) is 5.88. The van der Waals surface area contributed by atoms with Crippen molar-refractivity contribution >= 4 is 35.1 Å². The van der Waals surface area contributed by atoms with E-state index in [2.05, 4.69) is 20.6 Å². The van der Waals surface area contributed by atoms with Crippen molar-refractivity contribution in [1.82, 2.24) is 9.97 Å². The van der Waals surface area contributed by atoms with Crippen LogP contribution in [0.1, 0.15) is 24.8 Å². The zero-order chi connectivity index (χ0) is 20.3. The largest absolute Gasteiger partial charge is 0.497 e. The molecule has 1 aliphatic rings. The number of hydrogen-bond acceptors (Lipinski definition) is 7. The summed E-state index contributed by atoms with van der Waals surface area (Å²) in [5.41, 5.74) is 0.108. The molecule has 3 N–H and O–H groups in total. The minimum Gasteiger partial charge on any atom is -0.497 e.